The number of para-hydroxylation sites is 1. The lowest BCUT2D eigenvalue weighted by molar-refractivity contribution is 0.974. The van der Waals surface area contributed by atoms with Gasteiger partial charge in [0.2, 0.25) is 0 Å². The Morgan fingerprint density at radius 3 is 2.21 bits per heavy atom. The second kappa shape index (κ2) is 11.6. The van der Waals surface area contributed by atoms with E-state index in [1.54, 1.807) is 0 Å². The van der Waals surface area contributed by atoms with Crippen molar-refractivity contribution in [3.05, 3.63) is 139 Å². The second-order valence-corrected chi connectivity index (χ2v) is 10.6. The molecule has 0 atom stereocenters. The van der Waals surface area contributed by atoms with E-state index >= 15 is 0 Å². The van der Waals surface area contributed by atoms with Crippen LogP contribution < -0.4 is 0 Å². The van der Waals surface area contributed by atoms with E-state index < -0.39 is 0 Å². The highest BCUT2D eigenvalue weighted by molar-refractivity contribution is 6.10. The third-order valence-electron chi connectivity index (χ3n) is 8.20. The van der Waals surface area contributed by atoms with Crippen LogP contribution in [0.2, 0.25) is 0 Å². The van der Waals surface area contributed by atoms with Crippen molar-refractivity contribution in [1.29, 1.82) is 0 Å². The van der Waals surface area contributed by atoms with Crippen molar-refractivity contribution in [3.63, 3.8) is 0 Å². The van der Waals surface area contributed by atoms with E-state index in [1.165, 1.54) is 66.3 Å². The molecule has 1 aliphatic rings. The number of benzene rings is 4. The fourth-order valence-corrected chi connectivity index (χ4v) is 6.28. The van der Waals surface area contributed by atoms with Crippen LogP contribution in [0.4, 0.5) is 0 Å². The molecule has 4 aromatic carbocycles. The number of rotatable bonds is 5. The van der Waals surface area contributed by atoms with Gasteiger partial charge in [0.05, 0.1) is 16.6 Å². The van der Waals surface area contributed by atoms with E-state index in [0.717, 1.165) is 18.5 Å². The Hall–Kier alpha value is -4.82. The quantitative estimate of drug-likeness (QED) is 0.190. The molecule has 2 aromatic heterocycles. The molecule has 0 amide bonds. The smallest absolute Gasteiger partial charge is 0.0541 e. The Morgan fingerprint density at radius 2 is 1.48 bits per heavy atom. The van der Waals surface area contributed by atoms with Crippen molar-refractivity contribution in [2.24, 2.45) is 0 Å². The molecule has 0 N–H and O–H groups in total. The molecule has 0 spiro atoms. The van der Waals surface area contributed by atoms with Gasteiger partial charge in [0.15, 0.2) is 0 Å². The van der Waals surface area contributed by atoms with Gasteiger partial charge in [0, 0.05) is 33.2 Å². The second-order valence-electron chi connectivity index (χ2n) is 10.6. The summed E-state index contributed by atoms with van der Waals surface area (Å²) in [5, 5.41) is 3.90. The third-order valence-corrected chi connectivity index (χ3v) is 8.20. The Morgan fingerprint density at radius 1 is 0.786 bits per heavy atom. The molecule has 0 aliphatic heterocycles. The first-order chi connectivity index (χ1) is 20.7. The van der Waals surface area contributed by atoms with Gasteiger partial charge in [-0.05, 0) is 98.0 Å². The number of aromatic nitrogens is 2. The maximum Gasteiger partial charge on any atom is 0.0541 e. The molecule has 0 saturated carbocycles. The van der Waals surface area contributed by atoms with Crippen LogP contribution >= 0.6 is 0 Å². The van der Waals surface area contributed by atoms with Crippen molar-refractivity contribution in [1.82, 2.24) is 9.13 Å². The first kappa shape index (κ1) is 27.4. The zero-order valence-corrected chi connectivity index (χ0v) is 25.1. The van der Waals surface area contributed by atoms with Gasteiger partial charge in [-0.25, -0.2) is 0 Å². The summed E-state index contributed by atoms with van der Waals surface area (Å²) < 4.78 is 4.78. The highest BCUT2D eigenvalue weighted by Crippen LogP contribution is 2.39. The van der Waals surface area contributed by atoms with Crippen molar-refractivity contribution in [2.45, 2.75) is 40.5 Å². The predicted octanol–water partition coefficient (Wildman–Crippen LogP) is 11.3. The first-order valence-corrected chi connectivity index (χ1v) is 15.1. The highest BCUT2D eigenvalue weighted by Gasteiger charge is 2.20. The molecule has 0 radical (unpaired) electrons. The van der Waals surface area contributed by atoms with Gasteiger partial charge in [-0.3, -0.25) is 0 Å². The van der Waals surface area contributed by atoms with Crippen molar-refractivity contribution in [3.8, 4) is 16.8 Å². The summed E-state index contributed by atoms with van der Waals surface area (Å²) in [4.78, 5) is 0. The molecular formula is C40H38N2. The van der Waals surface area contributed by atoms with Gasteiger partial charge in [-0.15, -0.1) is 0 Å². The topological polar surface area (TPSA) is 9.86 Å². The van der Waals surface area contributed by atoms with Gasteiger partial charge in [0.25, 0.3) is 0 Å². The van der Waals surface area contributed by atoms with E-state index in [9.17, 15) is 0 Å². The lowest BCUT2D eigenvalue weighted by atomic mass is 9.97. The average Bonchev–Trinajstić information content (AvgIpc) is 3.55. The number of nitrogens with zero attached hydrogens (tertiary/aromatic N) is 2. The first-order valence-electron chi connectivity index (χ1n) is 15.1. The van der Waals surface area contributed by atoms with Gasteiger partial charge < -0.3 is 9.13 Å². The van der Waals surface area contributed by atoms with Crippen LogP contribution in [0.15, 0.2) is 122 Å². The van der Waals surface area contributed by atoms with Crippen LogP contribution in [0, 0.1) is 6.92 Å². The molecule has 0 bridgehead atoms. The largest absolute Gasteiger partial charge is 0.310 e. The fraction of sp³-hybridized carbons (Fsp3) is 0.150. The monoisotopic (exact) mass is 546 g/mol. The highest BCUT2D eigenvalue weighted by atomic mass is 15.0. The Labute approximate surface area is 249 Å². The Balaban J connectivity index is 0.00000155. The molecule has 2 nitrogen and oxygen atoms in total. The minimum Gasteiger partial charge on any atom is -0.310 e. The van der Waals surface area contributed by atoms with Gasteiger partial charge in [-0.2, -0.15) is 0 Å². The lowest BCUT2D eigenvalue weighted by Crippen LogP contribution is -2.00. The van der Waals surface area contributed by atoms with Gasteiger partial charge in [-0.1, -0.05) is 92.8 Å². The van der Waals surface area contributed by atoms with Crippen LogP contribution in [0.5, 0.6) is 0 Å². The summed E-state index contributed by atoms with van der Waals surface area (Å²) in [5.41, 5.74) is 12.6. The minimum atomic E-state index is 1.06. The summed E-state index contributed by atoms with van der Waals surface area (Å²) in [6.45, 7) is 12.1. The van der Waals surface area contributed by atoms with E-state index in [0.29, 0.717) is 0 Å². The van der Waals surface area contributed by atoms with Gasteiger partial charge >= 0.3 is 0 Å². The number of hydrogen-bond acceptors (Lipinski definition) is 0. The van der Waals surface area contributed by atoms with Gasteiger partial charge in [0.1, 0.15) is 0 Å². The van der Waals surface area contributed by atoms with Crippen LogP contribution in [0.1, 0.15) is 44.0 Å². The average molecular weight is 547 g/mol. The summed E-state index contributed by atoms with van der Waals surface area (Å²) in [6.07, 6.45) is 14.9. The number of hydrogen-bond donors (Lipinski definition) is 0. The molecule has 2 heteroatoms. The number of aryl methyl sites for hydroxylation is 2. The van der Waals surface area contributed by atoms with Crippen molar-refractivity contribution < 1.29 is 0 Å². The molecule has 42 heavy (non-hydrogen) atoms. The molecule has 6 aromatic rings. The predicted molar refractivity (Wildman–Crippen MR) is 184 cm³/mol. The molecule has 0 unspecified atom stereocenters. The molecule has 0 saturated heterocycles. The third kappa shape index (κ3) is 4.54. The number of allylic oxidation sites excluding steroid dienone is 6. The molecular weight excluding hydrogens is 508 g/mol. The SMILES string of the molecule is C=C/C=C\C(=C/C)n1c2c(c3cc(-c4ccc5c(c4)c4ccccc4n5-c4ccc(C)cc4)ccc31)CCC=C2.CC. The maximum absolute atomic E-state index is 3.87. The van der Waals surface area contributed by atoms with Crippen LogP contribution in [-0.2, 0) is 6.42 Å². The van der Waals surface area contributed by atoms with E-state index in [2.05, 4.69) is 139 Å². The van der Waals surface area contributed by atoms with Crippen LogP contribution in [-0.4, -0.2) is 9.13 Å². The summed E-state index contributed by atoms with van der Waals surface area (Å²) >= 11 is 0. The zero-order chi connectivity index (χ0) is 29.2. The van der Waals surface area contributed by atoms with E-state index in [1.807, 2.05) is 26.0 Å². The normalized spacial score (nSPS) is 13.1. The van der Waals surface area contributed by atoms with E-state index in [4.69, 9.17) is 0 Å². The van der Waals surface area contributed by atoms with Crippen molar-refractivity contribution >= 4 is 44.5 Å². The van der Waals surface area contributed by atoms with Crippen LogP contribution in [0.3, 0.4) is 0 Å². The minimum absolute atomic E-state index is 1.06. The Bertz CT molecular complexity index is 2020. The summed E-state index contributed by atoms with van der Waals surface area (Å²) in [6, 6.07) is 31.5. The molecule has 208 valence electrons. The standard InChI is InChI=1S/C38H32N2.C2H6/c1-4-6-11-29(5-2)39-35-14-9-7-12-31(35)33-24-27(18-22-37(33)39)28-19-23-38-34(25-28)32-13-8-10-15-36(32)40(38)30-20-16-26(3)17-21-30;1-2/h4-6,8-11,13-25H,1,7,12H2,2-3H3;1-2H3/b11-6-,29-5+;. The maximum atomic E-state index is 3.87. The van der Waals surface area contributed by atoms with Crippen LogP contribution in [0.25, 0.3) is 61.3 Å². The Kier molecular flexibility index (Phi) is 7.54. The summed E-state index contributed by atoms with van der Waals surface area (Å²) in [5.74, 6) is 0. The molecule has 0 fully saturated rings. The van der Waals surface area contributed by atoms with Crippen molar-refractivity contribution in [2.75, 3.05) is 0 Å². The zero-order valence-electron chi connectivity index (χ0n) is 25.1. The summed E-state index contributed by atoms with van der Waals surface area (Å²) in [7, 11) is 0. The fourth-order valence-electron chi connectivity index (χ4n) is 6.28. The molecule has 1 aliphatic carbocycles. The van der Waals surface area contributed by atoms with E-state index in [-0.39, 0.29) is 0 Å². The lowest BCUT2D eigenvalue weighted by Gasteiger charge is -2.12. The molecule has 7 rings (SSSR count). The number of fused-ring (bicyclic) bond motifs is 6. The molecule has 2 heterocycles.